The Bertz CT molecular complexity index is 776. The zero-order chi connectivity index (χ0) is 16.8. The summed E-state index contributed by atoms with van der Waals surface area (Å²) in [5.41, 5.74) is 2.52. The predicted octanol–water partition coefficient (Wildman–Crippen LogP) is 3.15. The molecule has 122 valence electrons. The molecule has 0 N–H and O–H groups in total. The van der Waals surface area contributed by atoms with Crippen LogP contribution < -0.4 is 4.74 Å². The Morgan fingerprint density at radius 3 is 2.08 bits per heavy atom. The molecule has 2 aromatic carbocycles. The lowest BCUT2D eigenvalue weighted by atomic mass is 10.1. The zero-order valence-corrected chi connectivity index (χ0v) is 13.9. The molecule has 3 aromatic rings. The minimum absolute atomic E-state index is 0.511. The second-order valence-corrected chi connectivity index (χ2v) is 5.67. The maximum atomic E-state index is 5.91. The van der Waals surface area contributed by atoms with Gasteiger partial charge in [0.15, 0.2) is 11.5 Å². The van der Waals surface area contributed by atoms with Gasteiger partial charge in [-0.1, -0.05) is 60.7 Å². The van der Waals surface area contributed by atoms with E-state index < -0.39 is 0 Å². The molecule has 0 saturated carbocycles. The highest BCUT2D eigenvalue weighted by atomic mass is 16.5. The lowest BCUT2D eigenvalue weighted by molar-refractivity contribution is 0.253. The van der Waals surface area contributed by atoms with Gasteiger partial charge in [-0.15, -0.1) is 10.2 Å². The van der Waals surface area contributed by atoms with E-state index in [0.717, 1.165) is 17.7 Å². The average molecular weight is 320 g/mol. The van der Waals surface area contributed by atoms with Gasteiger partial charge in [0.2, 0.25) is 5.88 Å². The summed E-state index contributed by atoms with van der Waals surface area (Å²) >= 11 is 0. The number of aromatic nitrogens is 3. The van der Waals surface area contributed by atoms with Crippen molar-refractivity contribution in [2.24, 2.45) is 0 Å². The molecule has 0 bridgehead atoms. The van der Waals surface area contributed by atoms with E-state index in [1.165, 1.54) is 0 Å². The Balaban J connectivity index is 1.96. The van der Waals surface area contributed by atoms with Crippen molar-refractivity contribution in [1.29, 1.82) is 0 Å². The highest BCUT2D eigenvalue weighted by Crippen LogP contribution is 2.27. The molecule has 0 aliphatic heterocycles. The number of rotatable bonds is 6. The molecule has 1 aromatic heterocycles. The van der Waals surface area contributed by atoms with Gasteiger partial charge in [-0.25, -0.2) is 0 Å². The van der Waals surface area contributed by atoms with E-state index in [1.807, 2.05) is 74.8 Å². The van der Waals surface area contributed by atoms with Crippen LogP contribution in [0.3, 0.4) is 0 Å². The van der Waals surface area contributed by atoms with Gasteiger partial charge in [0.1, 0.15) is 6.61 Å². The second kappa shape index (κ2) is 7.66. The van der Waals surface area contributed by atoms with Crippen LogP contribution in [0.15, 0.2) is 60.7 Å². The molecule has 0 fully saturated rings. The number of hydrogen-bond acceptors (Lipinski definition) is 5. The van der Waals surface area contributed by atoms with Crippen molar-refractivity contribution in [2.45, 2.75) is 0 Å². The van der Waals surface area contributed by atoms with Crippen LogP contribution in [-0.4, -0.2) is 47.3 Å². The summed E-state index contributed by atoms with van der Waals surface area (Å²) in [4.78, 5) is 6.67. The van der Waals surface area contributed by atoms with E-state index in [2.05, 4.69) is 20.1 Å². The van der Waals surface area contributed by atoms with Crippen LogP contribution in [0.2, 0.25) is 0 Å². The molecule has 0 aliphatic carbocycles. The van der Waals surface area contributed by atoms with Gasteiger partial charge in [-0.05, 0) is 14.1 Å². The summed E-state index contributed by atoms with van der Waals surface area (Å²) in [6.45, 7) is 1.35. The molecule has 0 saturated heterocycles. The molecule has 0 amide bonds. The number of ether oxygens (including phenoxy) is 1. The third kappa shape index (κ3) is 3.94. The van der Waals surface area contributed by atoms with E-state index in [-0.39, 0.29) is 0 Å². The van der Waals surface area contributed by atoms with E-state index in [0.29, 0.717) is 24.0 Å². The van der Waals surface area contributed by atoms with E-state index in [9.17, 15) is 0 Å². The molecular formula is C19H20N4O. The Kier molecular flexibility index (Phi) is 5.13. The monoisotopic (exact) mass is 320 g/mol. The molecule has 3 rings (SSSR count). The molecule has 24 heavy (non-hydrogen) atoms. The molecular weight excluding hydrogens is 300 g/mol. The fourth-order valence-corrected chi connectivity index (χ4v) is 2.22. The first-order valence-corrected chi connectivity index (χ1v) is 7.87. The van der Waals surface area contributed by atoms with Crippen molar-refractivity contribution in [3.05, 3.63) is 60.7 Å². The Hall–Kier alpha value is -2.79. The first kappa shape index (κ1) is 16.1. The van der Waals surface area contributed by atoms with Gasteiger partial charge < -0.3 is 9.64 Å². The summed E-state index contributed by atoms with van der Waals surface area (Å²) in [7, 11) is 4.02. The Labute approximate surface area is 142 Å². The molecule has 0 atom stereocenters. The number of hydrogen-bond donors (Lipinski definition) is 0. The van der Waals surface area contributed by atoms with E-state index in [1.54, 1.807) is 0 Å². The van der Waals surface area contributed by atoms with Crippen molar-refractivity contribution in [2.75, 3.05) is 27.2 Å². The van der Waals surface area contributed by atoms with E-state index >= 15 is 0 Å². The Morgan fingerprint density at radius 1 is 0.833 bits per heavy atom. The van der Waals surface area contributed by atoms with Crippen LogP contribution in [0.25, 0.3) is 22.6 Å². The van der Waals surface area contributed by atoms with Crippen molar-refractivity contribution in [3.8, 4) is 28.5 Å². The minimum atomic E-state index is 0.511. The SMILES string of the molecule is CN(C)CCOc1nc(-c2ccccc2)nnc1-c1ccccc1. The lowest BCUT2D eigenvalue weighted by Crippen LogP contribution is -2.20. The predicted molar refractivity (Wildman–Crippen MR) is 94.7 cm³/mol. The first-order chi connectivity index (χ1) is 11.7. The van der Waals surface area contributed by atoms with Crippen LogP contribution in [0.4, 0.5) is 0 Å². The van der Waals surface area contributed by atoms with E-state index in [4.69, 9.17) is 4.74 Å². The molecule has 0 radical (unpaired) electrons. The zero-order valence-electron chi connectivity index (χ0n) is 13.9. The van der Waals surface area contributed by atoms with Gasteiger partial charge in [0.25, 0.3) is 0 Å². The molecule has 5 heteroatoms. The summed E-state index contributed by atoms with van der Waals surface area (Å²) in [6, 6.07) is 19.6. The fraction of sp³-hybridized carbons (Fsp3) is 0.211. The maximum absolute atomic E-state index is 5.91. The van der Waals surface area contributed by atoms with Crippen LogP contribution in [0, 0.1) is 0 Å². The molecule has 0 aliphatic rings. The molecule has 0 unspecified atom stereocenters. The molecule has 1 heterocycles. The third-order valence-corrected chi connectivity index (χ3v) is 3.51. The van der Waals surface area contributed by atoms with Crippen molar-refractivity contribution >= 4 is 0 Å². The van der Waals surface area contributed by atoms with Crippen molar-refractivity contribution < 1.29 is 4.74 Å². The smallest absolute Gasteiger partial charge is 0.244 e. The number of benzene rings is 2. The first-order valence-electron chi connectivity index (χ1n) is 7.87. The fourth-order valence-electron chi connectivity index (χ4n) is 2.22. The topological polar surface area (TPSA) is 51.1 Å². The quantitative estimate of drug-likeness (QED) is 0.698. The van der Waals surface area contributed by atoms with Crippen molar-refractivity contribution in [1.82, 2.24) is 20.1 Å². The highest BCUT2D eigenvalue weighted by molar-refractivity contribution is 5.65. The lowest BCUT2D eigenvalue weighted by Gasteiger charge is -2.13. The van der Waals surface area contributed by atoms with Crippen LogP contribution in [-0.2, 0) is 0 Å². The average Bonchev–Trinajstić information content (AvgIpc) is 2.63. The summed E-state index contributed by atoms with van der Waals surface area (Å²) < 4.78 is 5.91. The molecule has 5 nitrogen and oxygen atoms in total. The van der Waals surface area contributed by atoms with Gasteiger partial charge in [-0.3, -0.25) is 0 Å². The van der Waals surface area contributed by atoms with Crippen LogP contribution in [0.5, 0.6) is 5.88 Å². The number of likely N-dealkylation sites (N-methyl/N-ethyl adjacent to an activating group) is 1. The summed E-state index contributed by atoms with van der Waals surface area (Å²) in [5, 5.41) is 8.65. The van der Waals surface area contributed by atoms with Gasteiger partial charge in [-0.2, -0.15) is 4.98 Å². The number of nitrogens with zero attached hydrogens (tertiary/aromatic N) is 4. The highest BCUT2D eigenvalue weighted by Gasteiger charge is 2.14. The van der Waals surface area contributed by atoms with Gasteiger partial charge >= 0.3 is 0 Å². The minimum Gasteiger partial charge on any atom is -0.475 e. The largest absolute Gasteiger partial charge is 0.475 e. The van der Waals surface area contributed by atoms with Crippen LogP contribution in [0.1, 0.15) is 0 Å². The standard InChI is InChI=1S/C19H20N4O/c1-23(2)13-14-24-19-17(15-9-5-3-6-10-15)21-22-18(20-19)16-11-7-4-8-12-16/h3-12H,13-14H2,1-2H3. The van der Waals surface area contributed by atoms with Crippen LogP contribution >= 0.6 is 0 Å². The molecule has 0 spiro atoms. The summed E-state index contributed by atoms with van der Waals surface area (Å²) in [5.74, 6) is 1.08. The van der Waals surface area contributed by atoms with Gasteiger partial charge in [0.05, 0.1) is 0 Å². The third-order valence-electron chi connectivity index (χ3n) is 3.51. The Morgan fingerprint density at radius 2 is 1.46 bits per heavy atom. The van der Waals surface area contributed by atoms with Crippen molar-refractivity contribution in [3.63, 3.8) is 0 Å². The summed E-state index contributed by atoms with van der Waals surface area (Å²) in [6.07, 6.45) is 0. The maximum Gasteiger partial charge on any atom is 0.244 e. The second-order valence-electron chi connectivity index (χ2n) is 5.67. The van der Waals surface area contributed by atoms with Gasteiger partial charge in [0, 0.05) is 17.7 Å². The normalized spacial score (nSPS) is 10.8.